The number of amides is 1. The van der Waals surface area contributed by atoms with Crippen LogP contribution in [0.5, 0.6) is 0 Å². The number of anilines is 1. The van der Waals surface area contributed by atoms with Gasteiger partial charge >= 0.3 is 6.09 Å². The van der Waals surface area contributed by atoms with Gasteiger partial charge in [0.05, 0.1) is 11.4 Å². The van der Waals surface area contributed by atoms with Gasteiger partial charge in [0.1, 0.15) is 11.9 Å². The van der Waals surface area contributed by atoms with Gasteiger partial charge in [0.2, 0.25) is 10.0 Å². The molecule has 4 N–H and O–H groups in total. The normalized spacial score (nSPS) is 18.9. The number of rotatable bonds is 8. The average molecular weight is 534 g/mol. The minimum absolute atomic E-state index is 0.0231. The lowest BCUT2D eigenvalue weighted by Crippen LogP contribution is -2.46. The Morgan fingerprint density at radius 1 is 0.947 bits per heavy atom. The van der Waals surface area contributed by atoms with Crippen LogP contribution in [0.4, 0.5) is 10.5 Å². The standard InChI is InChI=1S/C28H31N5O4S/c29-27(30)22-6-10-24(11-7-22)33-19-25(37-28(33)34)18-32-16-14-23(15-17-32)31-38(35,36)26-12-8-21(9-13-26)20-4-2-1-3-5-20/h1-13,23,25,31H,14-19H2,(H3,29,30). The van der Waals surface area contributed by atoms with Crippen molar-refractivity contribution in [3.63, 3.8) is 0 Å². The number of benzene rings is 3. The molecule has 1 amide bonds. The summed E-state index contributed by atoms with van der Waals surface area (Å²) in [6, 6.07) is 23.6. The molecule has 0 bridgehead atoms. The van der Waals surface area contributed by atoms with Crippen molar-refractivity contribution in [2.24, 2.45) is 5.73 Å². The smallest absolute Gasteiger partial charge is 0.414 e. The molecule has 1 unspecified atom stereocenters. The van der Waals surface area contributed by atoms with Crippen molar-refractivity contribution in [3.8, 4) is 11.1 Å². The van der Waals surface area contributed by atoms with E-state index < -0.39 is 16.1 Å². The zero-order valence-electron chi connectivity index (χ0n) is 20.9. The summed E-state index contributed by atoms with van der Waals surface area (Å²) in [5.41, 5.74) is 8.81. The van der Waals surface area contributed by atoms with E-state index in [9.17, 15) is 13.2 Å². The van der Waals surface area contributed by atoms with E-state index in [0.29, 0.717) is 50.3 Å². The average Bonchev–Trinajstić information content (AvgIpc) is 3.30. The Morgan fingerprint density at radius 2 is 1.58 bits per heavy atom. The van der Waals surface area contributed by atoms with Crippen molar-refractivity contribution in [1.82, 2.24) is 9.62 Å². The SMILES string of the molecule is N=C(N)c1ccc(N2CC(CN3CCC(NS(=O)(=O)c4ccc(-c5ccccc5)cc4)CC3)OC2=O)cc1. The van der Waals surface area contributed by atoms with Crippen LogP contribution in [0.3, 0.4) is 0 Å². The molecule has 0 saturated carbocycles. The lowest BCUT2D eigenvalue weighted by Gasteiger charge is -2.33. The number of ether oxygens (including phenoxy) is 1. The van der Waals surface area contributed by atoms with E-state index in [-0.39, 0.29) is 22.9 Å². The largest absolute Gasteiger partial charge is 0.443 e. The fourth-order valence-electron chi connectivity index (χ4n) is 4.91. The number of carbonyl (C=O) groups is 1. The number of nitrogens with one attached hydrogen (secondary N) is 2. The molecule has 0 aliphatic carbocycles. The highest BCUT2D eigenvalue weighted by atomic mass is 32.2. The third-order valence-corrected chi connectivity index (χ3v) is 8.54. The van der Waals surface area contributed by atoms with Crippen LogP contribution in [0.2, 0.25) is 0 Å². The molecule has 38 heavy (non-hydrogen) atoms. The molecule has 9 nitrogen and oxygen atoms in total. The second kappa shape index (κ2) is 10.9. The summed E-state index contributed by atoms with van der Waals surface area (Å²) in [5.74, 6) is -0.0231. The number of nitrogens with zero attached hydrogens (tertiary/aromatic N) is 2. The molecule has 1 atom stereocenters. The molecule has 2 aliphatic rings. The van der Waals surface area contributed by atoms with Crippen LogP contribution in [0.25, 0.3) is 11.1 Å². The maximum Gasteiger partial charge on any atom is 0.414 e. The summed E-state index contributed by atoms with van der Waals surface area (Å²) in [5, 5.41) is 7.50. The molecule has 2 saturated heterocycles. The first-order valence-corrected chi connectivity index (χ1v) is 14.1. The van der Waals surface area contributed by atoms with Gasteiger partial charge in [-0.15, -0.1) is 0 Å². The van der Waals surface area contributed by atoms with Crippen LogP contribution in [0.15, 0.2) is 83.8 Å². The van der Waals surface area contributed by atoms with Crippen molar-refractivity contribution < 1.29 is 17.9 Å². The number of nitrogen functional groups attached to an aromatic ring is 1. The molecule has 10 heteroatoms. The quantitative estimate of drug-likeness (QED) is 0.301. The highest BCUT2D eigenvalue weighted by molar-refractivity contribution is 7.89. The lowest BCUT2D eigenvalue weighted by molar-refractivity contribution is 0.0968. The van der Waals surface area contributed by atoms with Gasteiger partial charge in [0.25, 0.3) is 0 Å². The summed E-state index contributed by atoms with van der Waals surface area (Å²) in [7, 11) is -3.62. The predicted molar refractivity (Wildman–Crippen MR) is 147 cm³/mol. The molecule has 3 aromatic rings. The van der Waals surface area contributed by atoms with Gasteiger partial charge in [-0.3, -0.25) is 15.2 Å². The van der Waals surface area contributed by atoms with Crippen molar-refractivity contribution in [2.75, 3.05) is 31.1 Å². The highest BCUT2D eigenvalue weighted by Gasteiger charge is 2.34. The van der Waals surface area contributed by atoms with Gasteiger partial charge in [-0.1, -0.05) is 42.5 Å². The van der Waals surface area contributed by atoms with Crippen LogP contribution in [0.1, 0.15) is 18.4 Å². The van der Waals surface area contributed by atoms with Gasteiger partial charge in [-0.2, -0.15) is 0 Å². The van der Waals surface area contributed by atoms with Crippen molar-refractivity contribution >= 4 is 27.6 Å². The third-order valence-electron chi connectivity index (χ3n) is 7.01. The summed E-state index contributed by atoms with van der Waals surface area (Å²) in [6.07, 6.45) is 0.689. The maximum absolute atomic E-state index is 13.0. The molecule has 0 spiro atoms. The Morgan fingerprint density at radius 3 is 2.21 bits per heavy atom. The van der Waals surface area contributed by atoms with E-state index in [0.717, 1.165) is 11.1 Å². The zero-order chi connectivity index (χ0) is 26.7. The number of amidine groups is 1. The number of likely N-dealkylation sites (tertiary alicyclic amines) is 1. The molecule has 5 rings (SSSR count). The first-order chi connectivity index (χ1) is 18.3. The van der Waals surface area contributed by atoms with Crippen LogP contribution >= 0.6 is 0 Å². The van der Waals surface area contributed by atoms with Crippen LogP contribution in [-0.4, -0.2) is 63.6 Å². The Hall–Kier alpha value is -3.73. The third kappa shape index (κ3) is 5.88. The molecule has 2 heterocycles. The Kier molecular flexibility index (Phi) is 7.46. The highest BCUT2D eigenvalue weighted by Crippen LogP contribution is 2.24. The van der Waals surface area contributed by atoms with Gasteiger partial charge in [0, 0.05) is 23.8 Å². The Labute approximate surface area is 222 Å². The fraction of sp³-hybridized carbons (Fsp3) is 0.286. The lowest BCUT2D eigenvalue weighted by atomic mass is 10.1. The minimum atomic E-state index is -3.62. The number of carbonyl (C=O) groups excluding carboxylic acids is 1. The van der Waals surface area contributed by atoms with Gasteiger partial charge in [0.15, 0.2) is 0 Å². The summed E-state index contributed by atoms with van der Waals surface area (Å²) in [4.78, 5) is 16.5. The molecule has 0 aromatic heterocycles. The number of nitrogens with two attached hydrogens (primary N) is 1. The molecular weight excluding hydrogens is 502 g/mol. The monoisotopic (exact) mass is 533 g/mol. The topological polar surface area (TPSA) is 129 Å². The second-order valence-corrected chi connectivity index (χ2v) is 11.4. The van der Waals surface area contributed by atoms with Gasteiger partial charge < -0.3 is 10.5 Å². The minimum Gasteiger partial charge on any atom is -0.443 e. The maximum atomic E-state index is 13.0. The summed E-state index contributed by atoms with van der Waals surface area (Å²) < 4.78 is 34.4. The number of cyclic esters (lactones) is 1. The molecule has 2 fully saturated rings. The molecule has 198 valence electrons. The fourth-order valence-corrected chi connectivity index (χ4v) is 6.22. The molecular formula is C28H31N5O4S. The van der Waals surface area contributed by atoms with Crippen molar-refractivity contribution in [3.05, 3.63) is 84.4 Å². The van der Waals surface area contributed by atoms with E-state index >= 15 is 0 Å². The molecule has 2 aliphatic heterocycles. The van der Waals surface area contributed by atoms with E-state index in [1.54, 1.807) is 41.3 Å². The molecule has 3 aromatic carbocycles. The first kappa shape index (κ1) is 25.9. The number of piperidine rings is 1. The number of sulfonamides is 1. The van der Waals surface area contributed by atoms with Gasteiger partial charge in [-0.25, -0.2) is 17.9 Å². The second-order valence-electron chi connectivity index (χ2n) is 9.66. The summed E-state index contributed by atoms with van der Waals surface area (Å²) >= 11 is 0. The van der Waals surface area contributed by atoms with E-state index in [2.05, 4.69) is 9.62 Å². The number of hydrogen-bond donors (Lipinski definition) is 3. The van der Waals surface area contributed by atoms with Crippen molar-refractivity contribution in [2.45, 2.75) is 29.9 Å². The number of hydrogen-bond acceptors (Lipinski definition) is 6. The molecule has 0 radical (unpaired) electrons. The Balaban J connectivity index is 1.11. The first-order valence-electron chi connectivity index (χ1n) is 12.6. The zero-order valence-corrected chi connectivity index (χ0v) is 21.7. The van der Waals surface area contributed by atoms with Gasteiger partial charge in [-0.05, 0) is 73.5 Å². The van der Waals surface area contributed by atoms with Crippen LogP contribution in [0, 0.1) is 5.41 Å². The van der Waals surface area contributed by atoms with E-state index in [1.165, 1.54) is 0 Å². The van der Waals surface area contributed by atoms with E-state index in [1.807, 2.05) is 42.5 Å². The van der Waals surface area contributed by atoms with Crippen molar-refractivity contribution in [1.29, 1.82) is 5.41 Å². The predicted octanol–water partition coefficient (Wildman–Crippen LogP) is 3.41. The Bertz CT molecular complexity index is 1390. The van der Waals surface area contributed by atoms with E-state index in [4.69, 9.17) is 15.9 Å². The van der Waals surface area contributed by atoms with Crippen LogP contribution < -0.4 is 15.4 Å². The van der Waals surface area contributed by atoms with Crippen LogP contribution in [-0.2, 0) is 14.8 Å². The summed E-state index contributed by atoms with van der Waals surface area (Å²) in [6.45, 7) is 2.45.